The number of carbonyl (C=O) groups is 2. The quantitative estimate of drug-likeness (QED) is 0.354. The molecule has 1 atom stereocenters. The summed E-state index contributed by atoms with van der Waals surface area (Å²) in [6, 6.07) is 18.3. The maximum Gasteiger partial charge on any atom is 0.264 e. The molecular formula is C27H29Cl2N3O5S. The maximum absolute atomic E-state index is 13.8. The van der Waals surface area contributed by atoms with E-state index in [1.54, 1.807) is 56.3 Å². The molecular weight excluding hydrogens is 549 g/mol. The molecule has 0 aliphatic heterocycles. The fourth-order valence-electron chi connectivity index (χ4n) is 3.77. The lowest BCUT2D eigenvalue weighted by Gasteiger charge is -2.32. The second kappa shape index (κ2) is 13.0. The van der Waals surface area contributed by atoms with Gasteiger partial charge in [0, 0.05) is 18.1 Å². The molecule has 0 spiro atoms. The van der Waals surface area contributed by atoms with Crippen LogP contribution in [0.5, 0.6) is 5.75 Å². The summed E-state index contributed by atoms with van der Waals surface area (Å²) in [6.45, 7) is 3.14. The highest BCUT2D eigenvalue weighted by Gasteiger charge is 2.33. The minimum Gasteiger partial charge on any atom is -0.495 e. The van der Waals surface area contributed by atoms with Gasteiger partial charge >= 0.3 is 0 Å². The zero-order valence-corrected chi connectivity index (χ0v) is 23.6. The smallest absolute Gasteiger partial charge is 0.264 e. The van der Waals surface area contributed by atoms with E-state index < -0.39 is 28.5 Å². The summed E-state index contributed by atoms with van der Waals surface area (Å²) in [4.78, 5) is 27.9. The van der Waals surface area contributed by atoms with Crippen LogP contribution < -0.4 is 14.4 Å². The Balaban J connectivity index is 2.06. The molecule has 1 N–H and O–H groups in total. The standard InChI is InChI=1S/C27H29Cl2N3O5S/c1-4-30-27(34)19(2)31(17-20-10-8-9-13-23(20)28)26(33)18-32(21-14-15-25(37-3)24(29)16-21)38(35,36)22-11-6-5-7-12-22/h5-16,19H,4,17-18H2,1-3H3,(H,30,34)/t19-/m0/s1. The minimum atomic E-state index is -4.20. The summed E-state index contributed by atoms with van der Waals surface area (Å²) in [7, 11) is -2.75. The number of ether oxygens (including phenoxy) is 1. The number of nitrogens with zero attached hydrogens (tertiary/aromatic N) is 2. The van der Waals surface area contributed by atoms with Crippen LogP contribution in [0.15, 0.2) is 77.7 Å². The number of methoxy groups -OCH3 is 1. The number of anilines is 1. The highest BCUT2D eigenvalue weighted by Crippen LogP contribution is 2.32. The predicted octanol–water partition coefficient (Wildman–Crippen LogP) is 4.75. The van der Waals surface area contributed by atoms with Crippen LogP contribution >= 0.6 is 23.2 Å². The topological polar surface area (TPSA) is 96.0 Å². The molecule has 0 saturated carbocycles. The molecule has 3 aromatic carbocycles. The minimum absolute atomic E-state index is 0.000594. The van der Waals surface area contributed by atoms with Gasteiger partial charge in [0.25, 0.3) is 10.0 Å². The number of likely N-dealkylation sites (N-methyl/N-ethyl adjacent to an activating group) is 1. The first-order valence-electron chi connectivity index (χ1n) is 11.8. The Labute approximate surface area is 233 Å². The fraction of sp³-hybridized carbons (Fsp3) is 0.259. The van der Waals surface area contributed by atoms with Gasteiger partial charge in [-0.05, 0) is 55.8 Å². The van der Waals surface area contributed by atoms with Gasteiger partial charge in [-0.3, -0.25) is 13.9 Å². The fourth-order valence-corrected chi connectivity index (χ4v) is 5.65. The summed E-state index contributed by atoms with van der Waals surface area (Å²) >= 11 is 12.7. The van der Waals surface area contributed by atoms with E-state index in [2.05, 4.69) is 5.32 Å². The number of halogens is 2. The van der Waals surface area contributed by atoms with Crippen LogP contribution in [-0.4, -0.2) is 51.4 Å². The van der Waals surface area contributed by atoms with Gasteiger partial charge in [0.1, 0.15) is 18.3 Å². The van der Waals surface area contributed by atoms with E-state index >= 15 is 0 Å². The Morgan fingerprint density at radius 3 is 2.24 bits per heavy atom. The van der Waals surface area contributed by atoms with E-state index in [1.165, 1.54) is 42.3 Å². The van der Waals surface area contributed by atoms with Gasteiger partial charge in [-0.2, -0.15) is 0 Å². The number of hydrogen-bond donors (Lipinski definition) is 1. The van der Waals surface area contributed by atoms with E-state index in [4.69, 9.17) is 27.9 Å². The van der Waals surface area contributed by atoms with Crippen molar-refractivity contribution in [1.82, 2.24) is 10.2 Å². The van der Waals surface area contributed by atoms with Crippen LogP contribution in [0.3, 0.4) is 0 Å². The van der Waals surface area contributed by atoms with Gasteiger partial charge in [0.05, 0.1) is 22.7 Å². The van der Waals surface area contributed by atoms with Crippen LogP contribution in [0.4, 0.5) is 5.69 Å². The maximum atomic E-state index is 13.8. The van der Waals surface area contributed by atoms with E-state index in [1.807, 2.05) is 0 Å². The van der Waals surface area contributed by atoms with Crippen molar-refractivity contribution in [1.29, 1.82) is 0 Å². The van der Waals surface area contributed by atoms with Gasteiger partial charge in [-0.1, -0.05) is 59.6 Å². The average Bonchev–Trinajstić information content (AvgIpc) is 2.91. The Morgan fingerprint density at radius 2 is 1.63 bits per heavy atom. The van der Waals surface area contributed by atoms with E-state index in [0.717, 1.165) is 4.31 Å². The van der Waals surface area contributed by atoms with Crippen molar-refractivity contribution in [3.05, 3.63) is 88.4 Å². The van der Waals surface area contributed by atoms with Crippen LogP contribution in [-0.2, 0) is 26.2 Å². The lowest BCUT2D eigenvalue weighted by Crippen LogP contribution is -2.51. The Kier molecular flexibility index (Phi) is 10.0. The summed E-state index contributed by atoms with van der Waals surface area (Å²) in [6.07, 6.45) is 0. The molecule has 0 aliphatic rings. The zero-order valence-electron chi connectivity index (χ0n) is 21.2. The number of sulfonamides is 1. The molecule has 0 bridgehead atoms. The van der Waals surface area contributed by atoms with Gasteiger partial charge in [0.15, 0.2) is 0 Å². The van der Waals surface area contributed by atoms with E-state index in [0.29, 0.717) is 22.9 Å². The Hall–Kier alpha value is -3.27. The van der Waals surface area contributed by atoms with E-state index in [9.17, 15) is 18.0 Å². The van der Waals surface area contributed by atoms with Crippen molar-refractivity contribution in [3.63, 3.8) is 0 Å². The van der Waals surface area contributed by atoms with E-state index in [-0.39, 0.29) is 28.1 Å². The highest BCUT2D eigenvalue weighted by molar-refractivity contribution is 7.92. The van der Waals surface area contributed by atoms with Gasteiger partial charge in [-0.25, -0.2) is 8.42 Å². The zero-order chi connectivity index (χ0) is 27.9. The third-order valence-corrected chi connectivity index (χ3v) is 8.30. The lowest BCUT2D eigenvalue weighted by atomic mass is 10.1. The molecule has 202 valence electrons. The molecule has 0 aromatic heterocycles. The summed E-state index contributed by atoms with van der Waals surface area (Å²) in [5.41, 5.74) is 0.778. The van der Waals surface area contributed by atoms with Crippen molar-refractivity contribution in [2.75, 3.05) is 24.5 Å². The lowest BCUT2D eigenvalue weighted by molar-refractivity contribution is -0.139. The molecule has 38 heavy (non-hydrogen) atoms. The van der Waals surface area contributed by atoms with Crippen LogP contribution in [0, 0.1) is 0 Å². The monoisotopic (exact) mass is 577 g/mol. The van der Waals surface area contributed by atoms with Crippen LogP contribution in [0.1, 0.15) is 19.4 Å². The van der Waals surface area contributed by atoms with Crippen LogP contribution in [0.25, 0.3) is 0 Å². The number of amides is 2. The van der Waals surface area contributed by atoms with Gasteiger partial charge < -0.3 is 15.0 Å². The number of carbonyl (C=O) groups excluding carboxylic acids is 2. The van der Waals surface area contributed by atoms with Crippen molar-refractivity contribution in [3.8, 4) is 5.75 Å². The summed E-state index contributed by atoms with van der Waals surface area (Å²) in [5.74, 6) is -0.628. The Morgan fingerprint density at radius 1 is 0.974 bits per heavy atom. The molecule has 11 heteroatoms. The first-order chi connectivity index (χ1) is 18.1. The Bertz CT molecular complexity index is 1390. The molecule has 3 rings (SSSR count). The molecule has 0 unspecified atom stereocenters. The van der Waals surface area contributed by atoms with Gasteiger partial charge in [-0.15, -0.1) is 0 Å². The number of nitrogens with one attached hydrogen (secondary N) is 1. The van der Waals surface area contributed by atoms with Crippen molar-refractivity contribution < 1.29 is 22.7 Å². The number of rotatable bonds is 11. The third-order valence-electron chi connectivity index (χ3n) is 5.85. The summed E-state index contributed by atoms with van der Waals surface area (Å²) < 4.78 is 33.7. The normalized spacial score (nSPS) is 11.9. The van der Waals surface area contributed by atoms with Crippen molar-refractivity contribution >= 4 is 50.7 Å². The predicted molar refractivity (Wildman–Crippen MR) is 149 cm³/mol. The molecule has 0 fully saturated rings. The number of benzene rings is 3. The molecule has 2 amide bonds. The van der Waals surface area contributed by atoms with Crippen molar-refractivity contribution in [2.24, 2.45) is 0 Å². The second-order valence-corrected chi connectivity index (χ2v) is 11.0. The third kappa shape index (κ3) is 6.78. The largest absolute Gasteiger partial charge is 0.495 e. The molecule has 0 heterocycles. The number of hydrogen-bond acceptors (Lipinski definition) is 5. The molecule has 0 radical (unpaired) electrons. The molecule has 3 aromatic rings. The first kappa shape index (κ1) is 29.3. The second-order valence-electron chi connectivity index (χ2n) is 8.33. The van der Waals surface area contributed by atoms with Crippen LogP contribution in [0.2, 0.25) is 10.0 Å². The molecule has 8 nitrogen and oxygen atoms in total. The SMILES string of the molecule is CCNC(=O)[C@H](C)N(Cc1ccccc1Cl)C(=O)CN(c1ccc(OC)c(Cl)c1)S(=O)(=O)c1ccccc1. The van der Waals surface area contributed by atoms with Crippen molar-refractivity contribution in [2.45, 2.75) is 31.3 Å². The molecule has 0 aliphatic carbocycles. The van der Waals surface area contributed by atoms with Gasteiger partial charge in [0.2, 0.25) is 11.8 Å². The molecule has 0 saturated heterocycles. The summed E-state index contributed by atoms with van der Waals surface area (Å²) in [5, 5.41) is 3.31. The highest BCUT2D eigenvalue weighted by atomic mass is 35.5. The first-order valence-corrected chi connectivity index (χ1v) is 14.0. The average molecular weight is 579 g/mol.